The van der Waals surface area contributed by atoms with Gasteiger partial charge in [0.2, 0.25) is 0 Å². The van der Waals surface area contributed by atoms with Gasteiger partial charge in [0, 0.05) is 0 Å². The fraction of sp³-hybridized carbons (Fsp3) is 0.381. The summed E-state index contributed by atoms with van der Waals surface area (Å²) in [5.74, 6) is 1.85. The molecule has 1 amide bonds. The lowest BCUT2D eigenvalue weighted by Crippen LogP contribution is -2.39. The Bertz CT molecular complexity index is 730. The molecular weight excluding hydrogens is 330 g/mol. The average molecular weight is 357 g/mol. The molecule has 26 heavy (non-hydrogen) atoms. The smallest absolute Gasteiger partial charge is 0.261 e. The van der Waals surface area contributed by atoms with Crippen molar-refractivity contribution in [2.75, 3.05) is 20.3 Å². The van der Waals surface area contributed by atoms with Crippen molar-refractivity contribution in [3.05, 3.63) is 53.6 Å². The van der Waals surface area contributed by atoms with Crippen molar-refractivity contribution in [3.63, 3.8) is 0 Å². The third kappa shape index (κ3) is 5.41. The molecule has 0 spiro atoms. The molecule has 5 nitrogen and oxygen atoms in total. The van der Waals surface area contributed by atoms with Gasteiger partial charge in [0.15, 0.2) is 17.6 Å². The van der Waals surface area contributed by atoms with Gasteiger partial charge < -0.3 is 19.5 Å². The van der Waals surface area contributed by atoms with E-state index in [4.69, 9.17) is 14.2 Å². The Morgan fingerprint density at radius 2 is 1.81 bits per heavy atom. The van der Waals surface area contributed by atoms with Gasteiger partial charge in [0.1, 0.15) is 12.4 Å². The Labute approximate surface area is 155 Å². The molecule has 0 radical (unpaired) electrons. The van der Waals surface area contributed by atoms with Crippen molar-refractivity contribution < 1.29 is 19.0 Å². The highest BCUT2D eigenvalue weighted by Gasteiger charge is 2.19. The van der Waals surface area contributed by atoms with Gasteiger partial charge in [-0.2, -0.15) is 0 Å². The van der Waals surface area contributed by atoms with Crippen LogP contribution in [-0.4, -0.2) is 32.3 Å². The number of carbonyl (C=O) groups excluding carboxylic acids is 1. The van der Waals surface area contributed by atoms with Crippen LogP contribution in [0, 0.1) is 13.8 Å². The molecule has 0 saturated carbocycles. The monoisotopic (exact) mass is 357 g/mol. The molecule has 0 saturated heterocycles. The van der Waals surface area contributed by atoms with Gasteiger partial charge >= 0.3 is 0 Å². The summed E-state index contributed by atoms with van der Waals surface area (Å²) in [6, 6.07) is 13.4. The molecule has 0 unspecified atom stereocenters. The number of aryl methyl sites for hydroxylation is 2. The maximum absolute atomic E-state index is 12.4. The predicted molar refractivity (Wildman–Crippen MR) is 102 cm³/mol. The first-order valence-corrected chi connectivity index (χ1v) is 8.82. The first-order chi connectivity index (χ1) is 12.5. The Morgan fingerprint density at radius 3 is 2.50 bits per heavy atom. The molecule has 1 N–H and O–H groups in total. The van der Waals surface area contributed by atoms with Crippen LogP contribution < -0.4 is 19.5 Å². The third-order valence-electron chi connectivity index (χ3n) is 4.00. The topological polar surface area (TPSA) is 56.8 Å². The molecule has 2 aromatic carbocycles. The van der Waals surface area contributed by atoms with Gasteiger partial charge in [-0.25, -0.2) is 0 Å². The third-order valence-corrected chi connectivity index (χ3v) is 4.00. The molecule has 0 aliphatic heterocycles. The van der Waals surface area contributed by atoms with Crippen LogP contribution in [0.4, 0.5) is 0 Å². The summed E-state index contributed by atoms with van der Waals surface area (Å²) in [6.07, 6.45) is -0.0196. The Kier molecular flexibility index (Phi) is 7.33. The Morgan fingerprint density at radius 1 is 1.08 bits per heavy atom. The van der Waals surface area contributed by atoms with Gasteiger partial charge in [-0.05, 0) is 49.6 Å². The molecule has 2 aromatic rings. The highest BCUT2D eigenvalue weighted by Crippen LogP contribution is 2.27. The highest BCUT2D eigenvalue weighted by molar-refractivity contribution is 5.81. The van der Waals surface area contributed by atoms with Crippen LogP contribution in [0.15, 0.2) is 42.5 Å². The minimum Gasteiger partial charge on any atom is -0.493 e. The predicted octanol–water partition coefficient (Wildman–Crippen LogP) is 3.66. The number of ether oxygens (including phenoxy) is 3. The number of hydrogen-bond acceptors (Lipinski definition) is 4. The lowest BCUT2D eigenvalue weighted by Gasteiger charge is -2.19. The number of hydrogen-bond donors (Lipinski definition) is 1. The molecule has 0 fully saturated rings. The molecular formula is C21H27NO4. The van der Waals surface area contributed by atoms with E-state index in [1.807, 2.05) is 51.1 Å². The van der Waals surface area contributed by atoms with Crippen LogP contribution in [0.3, 0.4) is 0 Å². The first-order valence-electron chi connectivity index (χ1n) is 8.82. The van der Waals surface area contributed by atoms with Gasteiger partial charge in [0.25, 0.3) is 5.91 Å². The zero-order valence-corrected chi connectivity index (χ0v) is 15.9. The number of methoxy groups -OCH3 is 1. The summed E-state index contributed by atoms with van der Waals surface area (Å²) in [5.41, 5.74) is 2.22. The number of nitrogens with one attached hydrogen (secondary N) is 1. The fourth-order valence-electron chi connectivity index (χ4n) is 2.50. The number of para-hydroxylation sites is 2. The van der Waals surface area contributed by atoms with Crippen molar-refractivity contribution in [1.82, 2.24) is 5.32 Å². The molecule has 2 rings (SSSR count). The SMILES string of the molecule is CC[C@@H](Oc1ccccc1OC)C(=O)NCCOc1cc(C)ccc1C. The van der Waals surface area contributed by atoms with Crippen LogP contribution in [-0.2, 0) is 4.79 Å². The number of rotatable bonds is 9. The largest absolute Gasteiger partial charge is 0.493 e. The lowest BCUT2D eigenvalue weighted by atomic mass is 10.1. The van der Waals surface area contributed by atoms with Crippen LogP contribution >= 0.6 is 0 Å². The van der Waals surface area contributed by atoms with Crippen LogP contribution in [0.2, 0.25) is 0 Å². The zero-order chi connectivity index (χ0) is 18.9. The van der Waals surface area contributed by atoms with E-state index in [0.29, 0.717) is 31.1 Å². The van der Waals surface area contributed by atoms with Crippen molar-refractivity contribution >= 4 is 5.91 Å². The molecule has 0 aliphatic rings. The van der Waals surface area contributed by atoms with Gasteiger partial charge in [-0.3, -0.25) is 4.79 Å². The van der Waals surface area contributed by atoms with E-state index in [1.54, 1.807) is 19.2 Å². The zero-order valence-electron chi connectivity index (χ0n) is 15.9. The fourth-order valence-corrected chi connectivity index (χ4v) is 2.50. The highest BCUT2D eigenvalue weighted by atomic mass is 16.5. The van der Waals surface area contributed by atoms with Gasteiger partial charge in [-0.15, -0.1) is 0 Å². The maximum Gasteiger partial charge on any atom is 0.261 e. The normalized spacial score (nSPS) is 11.5. The van der Waals surface area contributed by atoms with E-state index >= 15 is 0 Å². The maximum atomic E-state index is 12.4. The lowest BCUT2D eigenvalue weighted by molar-refractivity contribution is -0.128. The summed E-state index contributed by atoms with van der Waals surface area (Å²) in [7, 11) is 1.58. The minimum atomic E-state index is -0.577. The van der Waals surface area contributed by atoms with Crippen molar-refractivity contribution in [3.8, 4) is 17.2 Å². The van der Waals surface area contributed by atoms with Crippen LogP contribution in [0.25, 0.3) is 0 Å². The number of carbonyl (C=O) groups is 1. The van der Waals surface area contributed by atoms with Crippen molar-refractivity contribution in [2.45, 2.75) is 33.3 Å². The second-order valence-electron chi connectivity index (χ2n) is 6.07. The van der Waals surface area contributed by atoms with Gasteiger partial charge in [-0.1, -0.05) is 31.2 Å². The van der Waals surface area contributed by atoms with Crippen molar-refractivity contribution in [2.24, 2.45) is 0 Å². The minimum absolute atomic E-state index is 0.164. The van der Waals surface area contributed by atoms with E-state index in [2.05, 4.69) is 5.32 Å². The van der Waals surface area contributed by atoms with E-state index < -0.39 is 6.10 Å². The first kappa shape index (κ1) is 19.6. The second kappa shape index (κ2) is 9.70. The molecule has 0 aromatic heterocycles. The molecule has 140 valence electrons. The summed E-state index contributed by atoms with van der Waals surface area (Å²) < 4.78 is 16.8. The van der Waals surface area contributed by atoms with E-state index in [9.17, 15) is 4.79 Å². The molecule has 5 heteroatoms. The standard InChI is InChI=1S/C21H27NO4/c1-5-17(26-19-9-7-6-8-18(19)24-4)21(23)22-12-13-25-20-14-15(2)10-11-16(20)3/h6-11,14,17H,5,12-13H2,1-4H3,(H,22,23)/t17-/m1/s1. The Hall–Kier alpha value is -2.69. The second-order valence-corrected chi connectivity index (χ2v) is 6.07. The summed E-state index contributed by atoms with van der Waals surface area (Å²) in [6.45, 7) is 6.75. The average Bonchev–Trinajstić information content (AvgIpc) is 2.65. The quantitative estimate of drug-likeness (QED) is 0.696. The summed E-state index contributed by atoms with van der Waals surface area (Å²) in [4.78, 5) is 12.4. The van der Waals surface area contributed by atoms with E-state index in [-0.39, 0.29) is 5.91 Å². The number of amides is 1. The Balaban J connectivity index is 1.84. The van der Waals surface area contributed by atoms with Crippen molar-refractivity contribution in [1.29, 1.82) is 0 Å². The van der Waals surface area contributed by atoms with Crippen LogP contribution in [0.5, 0.6) is 17.2 Å². The molecule has 0 aliphatic carbocycles. The summed E-state index contributed by atoms with van der Waals surface area (Å²) in [5, 5.41) is 2.87. The molecule has 0 bridgehead atoms. The van der Waals surface area contributed by atoms with Crippen LogP contribution in [0.1, 0.15) is 24.5 Å². The van der Waals surface area contributed by atoms with Gasteiger partial charge in [0.05, 0.1) is 13.7 Å². The molecule has 1 atom stereocenters. The van der Waals surface area contributed by atoms with E-state index in [0.717, 1.165) is 16.9 Å². The summed E-state index contributed by atoms with van der Waals surface area (Å²) >= 11 is 0. The van der Waals surface area contributed by atoms with E-state index in [1.165, 1.54) is 0 Å². The molecule has 0 heterocycles. The number of benzene rings is 2.